The predicted molar refractivity (Wildman–Crippen MR) is 167 cm³/mol. The minimum absolute atomic E-state index is 0.115. The molecule has 46 heavy (non-hydrogen) atoms. The number of ether oxygens (including phenoxy) is 3. The summed E-state index contributed by atoms with van der Waals surface area (Å²) >= 11 is 0. The zero-order chi connectivity index (χ0) is 32.7. The van der Waals surface area contributed by atoms with Gasteiger partial charge in [-0.1, -0.05) is 0 Å². The zero-order valence-electron chi connectivity index (χ0n) is 26.7. The lowest BCUT2D eigenvalue weighted by molar-refractivity contribution is -0.148. The zero-order valence-corrected chi connectivity index (χ0v) is 26.7. The van der Waals surface area contributed by atoms with Gasteiger partial charge < -0.3 is 24.4 Å². The molecule has 3 heterocycles. The van der Waals surface area contributed by atoms with Crippen LogP contribution in [0.25, 0.3) is 0 Å². The molecule has 252 valence electrons. The van der Waals surface area contributed by atoms with Crippen LogP contribution in [0.15, 0.2) is 36.5 Å². The maximum absolute atomic E-state index is 13.4. The fourth-order valence-electron chi connectivity index (χ4n) is 6.58. The van der Waals surface area contributed by atoms with Gasteiger partial charge in [-0.15, -0.1) is 0 Å². The number of halogens is 3. The molecule has 2 aliphatic heterocycles. The van der Waals surface area contributed by atoms with Crippen LogP contribution in [0.3, 0.4) is 0 Å². The number of methoxy groups -OCH3 is 1. The molecule has 1 aliphatic carbocycles. The fourth-order valence-corrected chi connectivity index (χ4v) is 6.58. The van der Waals surface area contributed by atoms with Crippen LogP contribution in [-0.4, -0.2) is 87.0 Å². The van der Waals surface area contributed by atoms with Crippen molar-refractivity contribution in [1.29, 1.82) is 0 Å². The molecular weight excluding hydrogens is 601 g/mol. The number of amides is 1. The number of piperidine rings is 2. The average Bonchev–Trinajstić information content (AvgIpc) is 3.89. The second-order valence-corrected chi connectivity index (χ2v) is 12.6. The van der Waals surface area contributed by atoms with Gasteiger partial charge in [0.25, 0.3) is 5.91 Å². The van der Waals surface area contributed by atoms with E-state index in [4.69, 9.17) is 14.2 Å². The summed E-state index contributed by atoms with van der Waals surface area (Å²) in [5, 5.41) is 3.06. The summed E-state index contributed by atoms with van der Waals surface area (Å²) in [6.45, 7) is 3.85. The molecule has 5 rings (SSSR count). The van der Waals surface area contributed by atoms with Crippen LogP contribution in [0.5, 0.6) is 11.6 Å². The number of nitrogens with zero attached hydrogens (tertiary/aromatic N) is 3. The third-order valence-electron chi connectivity index (χ3n) is 9.27. The molecule has 3 aliphatic rings. The molecule has 1 N–H and O–H groups in total. The van der Waals surface area contributed by atoms with Crippen LogP contribution in [0.2, 0.25) is 0 Å². The molecular formula is C34H45F3N4O5. The van der Waals surface area contributed by atoms with E-state index in [2.05, 4.69) is 15.2 Å². The lowest BCUT2D eigenvalue weighted by atomic mass is 9.92. The summed E-state index contributed by atoms with van der Waals surface area (Å²) in [4.78, 5) is 33.6. The highest BCUT2D eigenvalue weighted by molar-refractivity contribution is 6.00. The minimum atomic E-state index is -4.22. The van der Waals surface area contributed by atoms with Gasteiger partial charge in [0.05, 0.1) is 44.5 Å². The van der Waals surface area contributed by atoms with Crippen molar-refractivity contribution < 1.29 is 37.0 Å². The Labute approximate surface area is 268 Å². The topological polar surface area (TPSA) is 93.2 Å². The molecule has 1 amide bonds. The van der Waals surface area contributed by atoms with Gasteiger partial charge in [0.2, 0.25) is 5.88 Å². The summed E-state index contributed by atoms with van der Waals surface area (Å²) in [5.41, 5.74) is 2.38. The number of aromatic nitrogens is 1. The van der Waals surface area contributed by atoms with Gasteiger partial charge in [-0.3, -0.25) is 14.5 Å². The molecule has 1 unspecified atom stereocenters. The average molecular weight is 647 g/mol. The highest BCUT2D eigenvalue weighted by atomic mass is 19.4. The molecule has 0 bridgehead atoms. The van der Waals surface area contributed by atoms with Crippen molar-refractivity contribution in [3.63, 3.8) is 0 Å². The van der Waals surface area contributed by atoms with E-state index in [0.717, 1.165) is 50.0 Å². The molecule has 0 spiro atoms. The van der Waals surface area contributed by atoms with Crippen molar-refractivity contribution in [1.82, 2.24) is 15.2 Å². The minimum Gasteiger partial charge on any atom is -0.497 e. The number of carbonyl (C=O) groups excluding carboxylic acids is 2. The van der Waals surface area contributed by atoms with E-state index in [9.17, 15) is 22.8 Å². The first-order valence-corrected chi connectivity index (χ1v) is 16.4. The van der Waals surface area contributed by atoms with E-state index in [-0.39, 0.29) is 23.8 Å². The normalized spacial score (nSPS) is 19.0. The number of anilines is 1. The molecule has 1 saturated carbocycles. The Balaban J connectivity index is 1.14. The van der Waals surface area contributed by atoms with Crippen LogP contribution >= 0.6 is 0 Å². The largest absolute Gasteiger partial charge is 0.497 e. The Morgan fingerprint density at radius 2 is 1.76 bits per heavy atom. The summed E-state index contributed by atoms with van der Waals surface area (Å²) in [7, 11) is 1.59. The Bertz CT molecular complexity index is 1320. The molecule has 1 aromatic heterocycles. The second-order valence-electron chi connectivity index (χ2n) is 12.6. The number of esters is 1. The Morgan fingerprint density at radius 3 is 2.41 bits per heavy atom. The standard InChI is InChI=1S/C34H45F3N4O5/c1-3-45-32(42)20-29(24-4-5-24)25-8-13-38-31(18-25)46-21-23-9-16-41(17-10-23)30-19-27(44-2)6-7-28(30)33(43)39-26-11-14-40(15-12-26)22-34(35,36)37/h6-8,13,18-19,23-24,26,29H,3-5,9-12,14-17,20-22H2,1-2H3,(H,39,43). The number of alkyl halides is 3. The maximum Gasteiger partial charge on any atom is 0.401 e. The summed E-state index contributed by atoms with van der Waals surface area (Å²) in [6.07, 6.45) is 2.80. The number of nitrogens with one attached hydrogen (secondary N) is 1. The Morgan fingerprint density at radius 1 is 1.02 bits per heavy atom. The van der Waals surface area contributed by atoms with Gasteiger partial charge in [-0.05, 0) is 87.0 Å². The second kappa shape index (κ2) is 15.4. The number of rotatable bonds is 13. The third-order valence-corrected chi connectivity index (χ3v) is 9.27. The highest BCUT2D eigenvalue weighted by Crippen LogP contribution is 2.45. The van der Waals surface area contributed by atoms with Crippen molar-refractivity contribution in [2.75, 3.05) is 57.9 Å². The molecule has 9 nitrogen and oxygen atoms in total. The Kier molecular flexibility index (Phi) is 11.3. The Hall–Kier alpha value is -3.54. The van der Waals surface area contributed by atoms with Crippen LogP contribution in [-0.2, 0) is 9.53 Å². The number of hydrogen-bond acceptors (Lipinski definition) is 8. The van der Waals surface area contributed by atoms with E-state index in [1.165, 1.54) is 4.90 Å². The number of likely N-dealkylation sites (tertiary alicyclic amines) is 1. The van der Waals surface area contributed by atoms with E-state index in [0.29, 0.717) is 74.6 Å². The molecule has 12 heteroatoms. The molecule has 1 aromatic carbocycles. The SMILES string of the molecule is CCOC(=O)CC(c1ccnc(OCC2CCN(c3cc(OC)ccc3C(=O)NC3CCN(CC(F)(F)F)CC3)CC2)c1)C1CC1. The number of pyridine rings is 1. The smallest absolute Gasteiger partial charge is 0.401 e. The van der Waals surface area contributed by atoms with Gasteiger partial charge >= 0.3 is 12.1 Å². The lowest BCUT2D eigenvalue weighted by Crippen LogP contribution is -2.47. The van der Waals surface area contributed by atoms with Gasteiger partial charge in [-0.2, -0.15) is 13.2 Å². The monoisotopic (exact) mass is 646 g/mol. The molecule has 3 fully saturated rings. The van der Waals surface area contributed by atoms with Crippen LogP contribution in [0.4, 0.5) is 18.9 Å². The lowest BCUT2D eigenvalue weighted by Gasteiger charge is -2.35. The van der Waals surface area contributed by atoms with Gasteiger partial charge in [-0.25, -0.2) is 4.98 Å². The van der Waals surface area contributed by atoms with Gasteiger partial charge in [0.1, 0.15) is 5.75 Å². The van der Waals surface area contributed by atoms with E-state index < -0.39 is 12.7 Å². The fraction of sp³-hybridized carbons (Fsp3) is 0.618. The summed E-state index contributed by atoms with van der Waals surface area (Å²) in [5.74, 6) is 1.72. The van der Waals surface area contributed by atoms with Gasteiger partial charge in [0, 0.05) is 50.6 Å². The van der Waals surface area contributed by atoms with Crippen molar-refractivity contribution >= 4 is 17.6 Å². The number of carbonyl (C=O) groups is 2. The van der Waals surface area contributed by atoms with E-state index in [1.807, 2.05) is 25.1 Å². The molecule has 2 saturated heterocycles. The quantitative estimate of drug-likeness (QED) is 0.282. The first-order chi connectivity index (χ1) is 22.1. The molecule has 2 aromatic rings. The number of hydrogen-bond donors (Lipinski definition) is 1. The molecule has 1 atom stereocenters. The van der Waals surface area contributed by atoms with Crippen LogP contribution in [0, 0.1) is 11.8 Å². The third kappa shape index (κ3) is 9.49. The van der Waals surface area contributed by atoms with Crippen molar-refractivity contribution in [2.45, 2.75) is 70.0 Å². The van der Waals surface area contributed by atoms with Crippen LogP contribution < -0.4 is 19.7 Å². The molecule has 0 radical (unpaired) electrons. The number of benzene rings is 1. The predicted octanol–water partition coefficient (Wildman–Crippen LogP) is 5.59. The van der Waals surface area contributed by atoms with Crippen molar-refractivity contribution in [3.05, 3.63) is 47.7 Å². The maximum atomic E-state index is 13.4. The highest BCUT2D eigenvalue weighted by Gasteiger charge is 2.35. The van der Waals surface area contributed by atoms with Crippen molar-refractivity contribution in [3.8, 4) is 11.6 Å². The summed E-state index contributed by atoms with van der Waals surface area (Å²) < 4.78 is 55.1. The van der Waals surface area contributed by atoms with Crippen molar-refractivity contribution in [2.24, 2.45) is 11.8 Å². The van der Waals surface area contributed by atoms with Crippen LogP contribution in [0.1, 0.15) is 73.7 Å². The first kappa shape index (κ1) is 33.8. The van der Waals surface area contributed by atoms with Gasteiger partial charge in [0.15, 0.2) is 0 Å². The summed E-state index contributed by atoms with van der Waals surface area (Å²) in [6, 6.07) is 9.14. The van der Waals surface area contributed by atoms with E-state index >= 15 is 0 Å². The first-order valence-electron chi connectivity index (χ1n) is 16.4. The van der Waals surface area contributed by atoms with E-state index in [1.54, 1.807) is 25.4 Å².